The zero-order chi connectivity index (χ0) is 14.6. The van der Waals surface area contributed by atoms with Crippen LogP contribution in [0.5, 0.6) is 0 Å². The van der Waals surface area contributed by atoms with Crippen molar-refractivity contribution in [3.8, 4) is 0 Å². The smallest absolute Gasteiger partial charge is 0.257 e. The Morgan fingerprint density at radius 3 is 2.21 bits per heavy atom. The zero-order valence-electron chi connectivity index (χ0n) is 10.2. The molecule has 0 spiro atoms. The summed E-state index contributed by atoms with van der Waals surface area (Å²) >= 11 is 5.92. The fraction of sp³-hybridized carbons (Fsp3) is 0.273. The minimum absolute atomic E-state index is 0.0785. The molecule has 0 radical (unpaired) electrons. The highest BCUT2D eigenvalue weighted by molar-refractivity contribution is 6.33. The average Bonchev–Trinajstić information content (AvgIpc) is 2.26. The van der Waals surface area contributed by atoms with Crippen molar-refractivity contribution in [1.29, 1.82) is 0 Å². The first kappa shape index (κ1) is 14.9. The summed E-state index contributed by atoms with van der Waals surface area (Å²) in [6.45, 7) is 0.864. The van der Waals surface area contributed by atoms with Crippen molar-refractivity contribution in [2.75, 3.05) is 13.1 Å². The molecule has 0 aliphatic rings. The minimum Gasteiger partial charge on any atom is -0.368 e. The molecular weight excluding hydrogens is 272 g/mol. The lowest BCUT2D eigenvalue weighted by molar-refractivity contribution is -0.121. The monoisotopic (exact) mass is 284 g/mol. The summed E-state index contributed by atoms with van der Waals surface area (Å²) in [6, 6.07) is 1.50. The number of nitrogens with zero attached hydrogens (tertiary/aromatic N) is 2. The van der Waals surface area contributed by atoms with Crippen molar-refractivity contribution < 1.29 is 14.4 Å². The average molecular weight is 285 g/mol. The number of primary amides is 2. The number of amides is 3. The lowest BCUT2D eigenvalue weighted by Crippen LogP contribution is -2.43. The number of aromatic nitrogens is 1. The Morgan fingerprint density at radius 2 is 1.79 bits per heavy atom. The molecule has 1 rings (SSSR count). The highest BCUT2D eigenvalue weighted by atomic mass is 35.5. The molecular formula is C11H13ClN4O3. The van der Waals surface area contributed by atoms with E-state index < -0.39 is 30.8 Å². The van der Waals surface area contributed by atoms with Gasteiger partial charge in [-0.3, -0.25) is 19.4 Å². The van der Waals surface area contributed by atoms with Crippen LogP contribution in [0, 0.1) is 6.92 Å². The van der Waals surface area contributed by atoms with Gasteiger partial charge >= 0.3 is 0 Å². The number of halogens is 1. The van der Waals surface area contributed by atoms with Gasteiger partial charge in [-0.2, -0.15) is 0 Å². The molecule has 0 saturated heterocycles. The van der Waals surface area contributed by atoms with Gasteiger partial charge in [-0.1, -0.05) is 11.6 Å². The van der Waals surface area contributed by atoms with Crippen LogP contribution in [0.3, 0.4) is 0 Å². The summed E-state index contributed by atoms with van der Waals surface area (Å²) in [6.07, 6.45) is 1.27. The third-order valence-corrected chi connectivity index (χ3v) is 2.51. The highest BCUT2D eigenvalue weighted by Gasteiger charge is 2.22. The molecule has 4 N–H and O–H groups in total. The molecule has 7 nitrogen and oxygen atoms in total. The van der Waals surface area contributed by atoms with Gasteiger partial charge in [0.2, 0.25) is 11.8 Å². The van der Waals surface area contributed by atoms with Crippen molar-refractivity contribution in [2.24, 2.45) is 11.5 Å². The molecule has 0 bridgehead atoms. The van der Waals surface area contributed by atoms with Crippen LogP contribution in [-0.2, 0) is 9.59 Å². The van der Waals surface area contributed by atoms with Crippen LogP contribution < -0.4 is 11.5 Å². The molecule has 0 unspecified atom stereocenters. The largest absolute Gasteiger partial charge is 0.368 e. The Labute approximate surface area is 114 Å². The van der Waals surface area contributed by atoms with Gasteiger partial charge in [0.15, 0.2) is 0 Å². The van der Waals surface area contributed by atoms with Gasteiger partial charge in [-0.25, -0.2) is 0 Å². The Hall–Kier alpha value is -2.15. The molecule has 1 aromatic rings. The topological polar surface area (TPSA) is 119 Å². The van der Waals surface area contributed by atoms with Gasteiger partial charge in [0.1, 0.15) is 13.1 Å². The van der Waals surface area contributed by atoms with Crippen molar-refractivity contribution in [2.45, 2.75) is 6.92 Å². The molecule has 102 valence electrons. The van der Waals surface area contributed by atoms with Crippen LogP contribution in [0.1, 0.15) is 16.1 Å². The molecule has 19 heavy (non-hydrogen) atoms. The first-order valence-electron chi connectivity index (χ1n) is 5.29. The summed E-state index contributed by atoms with van der Waals surface area (Å²) in [4.78, 5) is 38.8. The molecule has 0 aliphatic carbocycles. The summed E-state index contributed by atoms with van der Waals surface area (Å²) in [7, 11) is 0. The third-order valence-electron chi connectivity index (χ3n) is 2.20. The van der Waals surface area contributed by atoms with E-state index >= 15 is 0 Å². The van der Waals surface area contributed by atoms with Crippen molar-refractivity contribution >= 4 is 29.3 Å². The molecule has 8 heteroatoms. The van der Waals surface area contributed by atoms with Crippen LogP contribution in [-0.4, -0.2) is 40.7 Å². The Kier molecular flexibility index (Phi) is 4.82. The summed E-state index contributed by atoms with van der Waals surface area (Å²) in [5, 5.41) is 0.177. The van der Waals surface area contributed by atoms with E-state index in [9.17, 15) is 14.4 Å². The third kappa shape index (κ3) is 4.22. The second-order valence-corrected chi connectivity index (χ2v) is 4.31. The van der Waals surface area contributed by atoms with Gasteiger partial charge in [0, 0.05) is 11.9 Å². The number of pyridine rings is 1. The summed E-state index contributed by atoms with van der Waals surface area (Å²) in [5.74, 6) is -2.15. The standard InChI is InChI=1S/C11H13ClN4O3/c1-6-2-8(12)7(3-15-6)11(19)16(4-9(13)17)5-10(14)18/h2-3H,4-5H2,1H3,(H2,13,17)(H2,14,18). The van der Waals surface area contributed by atoms with Crippen molar-refractivity contribution in [1.82, 2.24) is 9.88 Å². The predicted octanol–water partition coefficient (Wildman–Crippen LogP) is -0.544. The highest BCUT2D eigenvalue weighted by Crippen LogP contribution is 2.17. The molecule has 0 fully saturated rings. The zero-order valence-corrected chi connectivity index (χ0v) is 11.0. The van der Waals surface area contributed by atoms with Crippen molar-refractivity contribution in [3.63, 3.8) is 0 Å². The van der Waals surface area contributed by atoms with Gasteiger partial charge in [0.25, 0.3) is 5.91 Å². The van der Waals surface area contributed by atoms with E-state index in [0.29, 0.717) is 5.69 Å². The number of hydrogen-bond acceptors (Lipinski definition) is 4. The maximum Gasteiger partial charge on any atom is 0.257 e. The lowest BCUT2D eigenvalue weighted by Gasteiger charge is -2.19. The minimum atomic E-state index is -0.759. The van der Waals surface area contributed by atoms with Crippen molar-refractivity contribution in [3.05, 3.63) is 28.5 Å². The Morgan fingerprint density at radius 1 is 1.26 bits per heavy atom. The van der Waals surface area contributed by atoms with E-state index in [1.807, 2.05) is 0 Å². The first-order chi connectivity index (χ1) is 8.81. The molecule has 1 aromatic heterocycles. The van der Waals surface area contributed by atoms with Gasteiger partial charge in [-0.05, 0) is 13.0 Å². The number of carbonyl (C=O) groups excluding carboxylic acids is 3. The lowest BCUT2D eigenvalue weighted by atomic mass is 10.2. The quantitative estimate of drug-likeness (QED) is 0.754. The van der Waals surface area contributed by atoms with Crippen LogP contribution in [0.2, 0.25) is 5.02 Å². The number of nitrogens with two attached hydrogens (primary N) is 2. The first-order valence-corrected chi connectivity index (χ1v) is 5.67. The van der Waals surface area contributed by atoms with Gasteiger partial charge in [0.05, 0.1) is 10.6 Å². The number of rotatable bonds is 5. The van der Waals surface area contributed by atoms with E-state index in [1.54, 1.807) is 6.92 Å². The molecule has 0 saturated carbocycles. The van der Waals surface area contributed by atoms with E-state index in [2.05, 4.69) is 4.98 Å². The maximum absolute atomic E-state index is 12.1. The van der Waals surface area contributed by atoms with Gasteiger partial charge < -0.3 is 16.4 Å². The second-order valence-electron chi connectivity index (χ2n) is 3.90. The Bertz CT molecular complexity index is 517. The molecule has 0 atom stereocenters. The fourth-order valence-corrected chi connectivity index (χ4v) is 1.72. The Balaban J connectivity index is 3.04. The van der Waals surface area contributed by atoms with E-state index in [4.69, 9.17) is 23.1 Å². The molecule has 3 amide bonds. The van der Waals surface area contributed by atoms with E-state index in [0.717, 1.165) is 4.90 Å². The SMILES string of the molecule is Cc1cc(Cl)c(C(=O)N(CC(N)=O)CC(N)=O)cn1. The van der Waals surface area contributed by atoms with Crippen LogP contribution in [0.25, 0.3) is 0 Å². The van der Waals surface area contributed by atoms with Crippen LogP contribution in [0.4, 0.5) is 0 Å². The number of aryl methyl sites for hydroxylation is 1. The van der Waals surface area contributed by atoms with E-state index in [1.165, 1.54) is 12.3 Å². The van der Waals surface area contributed by atoms with Crippen LogP contribution in [0.15, 0.2) is 12.3 Å². The van der Waals surface area contributed by atoms with E-state index in [-0.39, 0.29) is 10.6 Å². The molecule has 0 aromatic carbocycles. The fourth-order valence-electron chi connectivity index (χ4n) is 1.43. The number of carbonyl (C=O) groups is 3. The molecule has 0 aliphatic heterocycles. The predicted molar refractivity (Wildman–Crippen MR) is 68.3 cm³/mol. The summed E-state index contributed by atoms with van der Waals surface area (Å²) in [5.41, 5.74) is 10.7. The van der Waals surface area contributed by atoms with Crippen LogP contribution >= 0.6 is 11.6 Å². The van der Waals surface area contributed by atoms with Gasteiger partial charge in [-0.15, -0.1) is 0 Å². The second kappa shape index (κ2) is 6.14. The normalized spacial score (nSPS) is 10.0. The number of hydrogen-bond donors (Lipinski definition) is 2. The molecule has 1 heterocycles. The maximum atomic E-state index is 12.1. The summed E-state index contributed by atoms with van der Waals surface area (Å²) < 4.78 is 0.